The zero-order valence-corrected chi connectivity index (χ0v) is 19.0. The molecular formula is C22H21ClFN3O2S2. The predicted octanol–water partition coefficient (Wildman–Crippen LogP) is 4.76. The van der Waals surface area contributed by atoms with Crippen molar-refractivity contribution in [3.63, 3.8) is 0 Å². The number of hydrogen-bond acceptors (Lipinski definition) is 7. The van der Waals surface area contributed by atoms with Crippen molar-refractivity contribution in [3.05, 3.63) is 64.6 Å². The van der Waals surface area contributed by atoms with E-state index in [9.17, 15) is 14.0 Å². The molecule has 31 heavy (non-hydrogen) atoms. The first-order chi connectivity index (χ1) is 15.1. The summed E-state index contributed by atoms with van der Waals surface area (Å²) in [5.74, 6) is -0.123. The summed E-state index contributed by atoms with van der Waals surface area (Å²) in [7, 11) is 3.01. The average molecular weight is 478 g/mol. The fourth-order valence-corrected chi connectivity index (χ4v) is 6.32. The normalized spacial score (nSPS) is 23.1. The van der Waals surface area contributed by atoms with Crippen LogP contribution in [-0.2, 0) is 16.1 Å². The van der Waals surface area contributed by atoms with Gasteiger partial charge in [0.25, 0.3) is 0 Å². The van der Waals surface area contributed by atoms with Gasteiger partial charge < -0.3 is 0 Å². The number of carbonyl (C=O) groups is 2. The molecule has 1 aromatic heterocycles. The molecule has 1 saturated heterocycles. The summed E-state index contributed by atoms with van der Waals surface area (Å²) in [6.45, 7) is 0.970. The molecule has 1 aliphatic carbocycles. The van der Waals surface area contributed by atoms with Gasteiger partial charge in [0.2, 0.25) is 0 Å². The molecule has 0 N–H and O–H groups in total. The topological polar surface area (TPSA) is 63.2 Å². The predicted molar refractivity (Wildman–Crippen MR) is 121 cm³/mol. The van der Waals surface area contributed by atoms with Gasteiger partial charge in [-0.3, -0.25) is 14.5 Å². The van der Waals surface area contributed by atoms with E-state index in [4.69, 9.17) is 11.6 Å². The summed E-state index contributed by atoms with van der Waals surface area (Å²) < 4.78 is 14.3. The molecule has 0 amide bonds. The summed E-state index contributed by atoms with van der Waals surface area (Å²) in [4.78, 5) is 26.7. The van der Waals surface area contributed by atoms with Gasteiger partial charge in [0, 0.05) is 29.8 Å². The molecule has 0 spiro atoms. The molecule has 2 aromatic rings. The first-order valence-electron chi connectivity index (χ1n) is 10.1. The van der Waals surface area contributed by atoms with Crippen molar-refractivity contribution in [2.45, 2.75) is 42.1 Å². The van der Waals surface area contributed by atoms with Crippen molar-refractivity contribution in [1.82, 2.24) is 15.1 Å². The Morgan fingerprint density at radius 1 is 1.19 bits per heavy atom. The number of aldehydes is 1. The monoisotopic (exact) mass is 477 g/mol. The van der Waals surface area contributed by atoms with Crippen LogP contribution < -0.4 is 0 Å². The van der Waals surface area contributed by atoms with E-state index < -0.39 is 6.04 Å². The molecular weight excluding hydrogens is 457 g/mol. The maximum absolute atomic E-state index is 14.3. The summed E-state index contributed by atoms with van der Waals surface area (Å²) in [5, 5.41) is 8.91. The SMILES string of the molecule is O=C/C=C1\C(SSc2ccc(Cl)nn2)CCN(Cc2ccccc2F)C1C(=O)C1CC1. The van der Waals surface area contributed by atoms with Crippen LogP contribution in [0.4, 0.5) is 4.39 Å². The Hall–Kier alpha value is -1.74. The second kappa shape index (κ2) is 10.3. The van der Waals surface area contributed by atoms with Gasteiger partial charge in [-0.25, -0.2) is 4.39 Å². The van der Waals surface area contributed by atoms with Crippen molar-refractivity contribution >= 4 is 45.3 Å². The largest absolute Gasteiger partial charge is 0.299 e. The number of ketones is 1. The molecule has 0 radical (unpaired) electrons. The Morgan fingerprint density at radius 2 is 2.00 bits per heavy atom. The lowest BCUT2D eigenvalue weighted by Crippen LogP contribution is -2.50. The van der Waals surface area contributed by atoms with Gasteiger partial charge in [-0.2, -0.15) is 0 Å². The minimum atomic E-state index is -0.513. The molecule has 4 rings (SSSR count). The number of likely N-dealkylation sites (tertiary alicyclic amines) is 1. The highest BCUT2D eigenvalue weighted by Gasteiger charge is 2.43. The van der Waals surface area contributed by atoms with Gasteiger partial charge in [-0.15, -0.1) is 10.2 Å². The summed E-state index contributed by atoms with van der Waals surface area (Å²) >= 11 is 5.80. The van der Waals surface area contributed by atoms with E-state index in [1.54, 1.807) is 41.1 Å². The van der Waals surface area contributed by atoms with Gasteiger partial charge in [0.05, 0.1) is 6.04 Å². The molecule has 5 nitrogen and oxygen atoms in total. The van der Waals surface area contributed by atoms with Crippen molar-refractivity contribution in [3.8, 4) is 0 Å². The van der Waals surface area contributed by atoms with Gasteiger partial charge in [-0.05, 0) is 59.9 Å². The standard InChI is InChI=1S/C22H21ClFN3O2S2/c23-19-7-8-20(26-25-19)31-30-18-9-11-27(13-15-3-1-2-4-17(15)24)21(16(18)10-12-28)22(29)14-5-6-14/h1-4,7-8,10,12,14,18,21H,5-6,9,11,13H2/b16-10+. The van der Waals surface area contributed by atoms with Gasteiger partial charge in [0.15, 0.2) is 10.9 Å². The van der Waals surface area contributed by atoms with Gasteiger partial charge in [0.1, 0.15) is 17.1 Å². The van der Waals surface area contributed by atoms with Crippen LogP contribution in [0.25, 0.3) is 0 Å². The van der Waals surface area contributed by atoms with E-state index in [0.29, 0.717) is 28.8 Å². The summed E-state index contributed by atoms with van der Waals surface area (Å²) in [6, 6.07) is 9.58. The lowest BCUT2D eigenvalue weighted by molar-refractivity contribution is -0.125. The first-order valence-corrected chi connectivity index (χ1v) is 12.6. The number of rotatable bonds is 8. The number of piperidine rings is 1. The van der Waals surface area contributed by atoms with Crippen molar-refractivity contribution in [1.29, 1.82) is 0 Å². The lowest BCUT2D eigenvalue weighted by atomic mass is 9.89. The quantitative estimate of drug-likeness (QED) is 0.308. The number of carbonyl (C=O) groups excluding carboxylic acids is 2. The van der Waals surface area contributed by atoms with Crippen LogP contribution >= 0.6 is 33.2 Å². The number of aromatic nitrogens is 2. The highest BCUT2D eigenvalue weighted by Crippen LogP contribution is 2.44. The molecule has 2 heterocycles. The third-order valence-electron chi connectivity index (χ3n) is 5.43. The number of hydrogen-bond donors (Lipinski definition) is 0. The zero-order valence-electron chi connectivity index (χ0n) is 16.6. The minimum absolute atomic E-state index is 0.0294. The zero-order chi connectivity index (χ0) is 21.8. The molecule has 1 aromatic carbocycles. The molecule has 2 fully saturated rings. The third kappa shape index (κ3) is 5.55. The fourth-order valence-electron chi connectivity index (χ4n) is 3.75. The highest BCUT2D eigenvalue weighted by molar-refractivity contribution is 8.77. The highest BCUT2D eigenvalue weighted by atomic mass is 35.5. The van der Waals surface area contributed by atoms with E-state index in [1.165, 1.54) is 22.9 Å². The third-order valence-corrected chi connectivity index (χ3v) is 8.35. The Bertz CT molecular complexity index is 985. The van der Waals surface area contributed by atoms with E-state index >= 15 is 0 Å². The van der Waals surface area contributed by atoms with Crippen molar-refractivity contribution in [2.24, 2.45) is 5.92 Å². The van der Waals surface area contributed by atoms with Gasteiger partial charge >= 0.3 is 0 Å². The van der Waals surface area contributed by atoms with E-state index in [1.807, 2.05) is 4.90 Å². The van der Waals surface area contributed by atoms with Crippen LogP contribution in [0.2, 0.25) is 5.15 Å². The van der Waals surface area contributed by atoms with Crippen LogP contribution in [0.1, 0.15) is 24.8 Å². The molecule has 1 aliphatic heterocycles. The number of nitrogens with zero attached hydrogens (tertiary/aromatic N) is 3. The number of halogens is 2. The van der Waals surface area contributed by atoms with Crippen LogP contribution in [0.15, 0.2) is 53.1 Å². The molecule has 2 atom stereocenters. The van der Waals surface area contributed by atoms with E-state index in [0.717, 1.165) is 31.1 Å². The Morgan fingerprint density at radius 3 is 2.68 bits per heavy atom. The smallest absolute Gasteiger partial charge is 0.157 e. The number of Topliss-reactive ketones (excluding diaryl/α,β-unsaturated/α-hetero) is 1. The second-order valence-electron chi connectivity index (χ2n) is 7.59. The van der Waals surface area contributed by atoms with Crippen LogP contribution in [0.5, 0.6) is 0 Å². The molecule has 1 saturated carbocycles. The van der Waals surface area contributed by atoms with Crippen molar-refractivity contribution < 1.29 is 14.0 Å². The Kier molecular flexibility index (Phi) is 7.43. The summed E-state index contributed by atoms with van der Waals surface area (Å²) in [5.41, 5.74) is 1.34. The van der Waals surface area contributed by atoms with E-state index in [2.05, 4.69) is 10.2 Å². The number of allylic oxidation sites excluding steroid dienone is 1. The van der Waals surface area contributed by atoms with E-state index in [-0.39, 0.29) is 22.8 Å². The Labute approximate surface area is 193 Å². The summed E-state index contributed by atoms with van der Waals surface area (Å²) in [6.07, 6.45) is 4.76. The van der Waals surface area contributed by atoms with Crippen LogP contribution in [0.3, 0.4) is 0 Å². The maximum Gasteiger partial charge on any atom is 0.157 e. The van der Waals surface area contributed by atoms with Crippen LogP contribution in [0, 0.1) is 11.7 Å². The average Bonchev–Trinajstić information content (AvgIpc) is 3.61. The Balaban J connectivity index is 1.56. The number of benzene rings is 1. The molecule has 0 bridgehead atoms. The molecule has 9 heteroatoms. The van der Waals surface area contributed by atoms with Crippen LogP contribution in [-0.4, -0.2) is 45.0 Å². The maximum atomic E-state index is 14.3. The molecule has 2 aliphatic rings. The first kappa shape index (κ1) is 22.5. The van der Waals surface area contributed by atoms with Gasteiger partial charge in [-0.1, -0.05) is 40.6 Å². The second-order valence-corrected chi connectivity index (χ2v) is 10.4. The van der Waals surface area contributed by atoms with Crippen molar-refractivity contribution in [2.75, 3.05) is 6.54 Å². The lowest BCUT2D eigenvalue weighted by Gasteiger charge is -2.40. The molecule has 2 unspecified atom stereocenters. The molecule has 162 valence electrons. The fraction of sp³-hybridized carbons (Fsp3) is 0.364. The minimum Gasteiger partial charge on any atom is -0.299 e.